The second-order valence-corrected chi connectivity index (χ2v) is 4.89. The summed E-state index contributed by atoms with van der Waals surface area (Å²) >= 11 is 0. The van der Waals surface area contributed by atoms with Gasteiger partial charge in [-0.2, -0.15) is 0 Å². The van der Waals surface area contributed by atoms with Gasteiger partial charge in [0.2, 0.25) is 0 Å². The summed E-state index contributed by atoms with van der Waals surface area (Å²) in [5.74, 6) is 2.83. The summed E-state index contributed by atoms with van der Waals surface area (Å²) in [5, 5.41) is 3.46. The molecule has 0 aromatic heterocycles. The number of fused-ring (bicyclic) bond motifs is 1. The highest BCUT2D eigenvalue weighted by Gasteiger charge is 2.24. The number of hydrogen-bond donors (Lipinski definition) is 1. The number of ether oxygens (including phenoxy) is 2. The maximum absolute atomic E-state index is 5.38. The lowest BCUT2D eigenvalue weighted by molar-refractivity contribution is 0.350. The first kappa shape index (κ1) is 12.2. The van der Waals surface area contributed by atoms with Crippen LogP contribution in [0.3, 0.4) is 0 Å². The third kappa shape index (κ3) is 2.25. The van der Waals surface area contributed by atoms with E-state index in [1.807, 2.05) is 0 Å². The first-order chi connectivity index (χ1) is 8.17. The molecular formula is C14H21NO2. The Morgan fingerprint density at radius 2 is 1.82 bits per heavy atom. The van der Waals surface area contributed by atoms with Crippen molar-refractivity contribution in [3.05, 3.63) is 23.3 Å². The average molecular weight is 235 g/mol. The Labute approximate surface area is 103 Å². The molecule has 2 rings (SSSR count). The molecule has 1 unspecified atom stereocenters. The van der Waals surface area contributed by atoms with Crippen molar-refractivity contribution in [3.8, 4) is 11.5 Å². The maximum Gasteiger partial charge on any atom is 0.161 e. The SMILES string of the molecule is COc1cc2c(cc1OC)C(C(C)C)CNC2. The fourth-order valence-electron chi connectivity index (χ4n) is 2.50. The van der Waals surface area contributed by atoms with Gasteiger partial charge in [-0.15, -0.1) is 0 Å². The highest BCUT2D eigenvalue weighted by Crippen LogP contribution is 2.37. The number of methoxy groups -OCH3 is 2. The van der Waals surface area contributed by atoms with Crippen molar-refractivity contribution in [3.63, 3.8) is 0 Å². The van der Waals surface area contributed by atoms with Crippen molar-refractivity contribution in [1.29, 1.82) is 0 Å². The predicted octanol–water partition coefficient (Wildman–Crippen LogP) is 2.55. The first-order valence-electron chi connectivity index (χ1n) is 6.13. The first-order valence-corrected chi connectivity index (χ1v) is 6.13. The van der Waals surface area contributed by atoms with Gasteiger partial charge in [0.1, 0.15) is 0 Å². The van der Waals surface area contributed by atoms with Crippen molar-refractivity contribution in [2.24, 2.45) is 5.92 Å². The van der Waals surface area contributed by atoms with E-state index in [0.717, 1.165) is 24.6 Å². The van der Waals surface area contributed by atoms with E-state index >= 15 is 0 Å². The molecule has 1 aromatic carbocycles. The molecule has 1 aliphatic heterocycles. The molecule has 1 aromatic rings. The molecule has 3 nitrogen and oxygen atoms in total. The quantitative estimate of drug-likeness (QED) is 0.873. The van der Waals surface area contributed by atoms with E-state index in [1.54, 1.807) is 14.2 Å². The van der Waals surface area contributed by atoms with Crippen LogP contribution in [-0.2, 0) is 6.54 Å². The second kappa shape index (κ2) is 4.96. The van der Waals surface area contributed by atoms with Crippen LogP contribution in [0.4, 0.5) is 0 Å². The summed E-state index contributed by atoms with van der Waals surface area (Å²) in [6.45, 7) is 6.48. The Kier molecular flexibility index (Phi) is 3.57. The van der Waals surface area contributed by atoms with Gasteiger partial charge in [0.05, 0.1) is 14.2 Å². The third-order valence-corrected chi connectivity index (χ3v) is 3.53. The minimum absolute atomic E-state index is 0.554. The Morgan fingerprint density at radius 3 is 2.41 bits per heavy atom. The van der Waals surface area contributed by atoms with Gasteiger partial charge in [0.15, 0.2) is 11.5 Å². The molecule has 3 heteroatoms. The van der Waals surface area contributed by atoms with Gasteiger partial charge in [0.25, 0.3) is 0 Å². The van der Waals surface area contributed by atoms with Gasteiger partial charge in [-0.1, -0.05) is 13.8 Å². The highest BCUT2D eigenvalue weighted by molar-refractivity contribution is 5.49. The molecule has 17 heavy (non-hydrogen) atoms. The molecule has 1 aliphatic rings. The van der Waals surface area contributed by atoms with Crippen LogP contribution in [-0.4, -0.2) is 20.8 Å². The Balaban J connectivity index is 2.47. The van der Waals surface area contributed by atoms with E-state index in [4.69, 9.17) is 9.47 Å². The molecule has 1 atom stereocenters. The number of benzene rings is 1. The molecule has 94 valence electrons. The minimum Gasteiger partial charge on any atom is -0.493 e. The summed E-state index contributed by atoms with van der Waals surface area (Å²) in [6, 6.07) is 4.23. The van der Waals surface area contributed by atoms with Crippen LogP contribution in [0.5, 0.6) is 11.5 Å². The molecular weight excluding hydrogens is 214 g/mol. The van der Waals surface area contributed by atoms with E-state index in [2.05, 4.69) is 31.3 Å². The van der Waals surface area contributed by atoms with Crippen molar-refractivity contribution in [1.82, 2.24) is 5.32 Å². The Morgan fingerprint density at radius 1 is 1.18 bits per heavy atom. The minimum atomic E-state index is 0.554. The normalized spacial score (nSPS) is 19.0. The van der Waals surface area contributed by atoms with Crippen LogP contribution in [0.2, 0.25) is 0 Å². The molecule has 0 aliphatic carbocycles. The fraction of sp³-hybridized carbons (Fsp3) is 0.571. The van der Waals surface area contributed by atoms with Gasteiger partial charge in [-0.05, 0) is 35.1 Å². The van der Waals surface area contributed by atoms with Gasteiger partial charge < -0.3 is 14.8 Å². The lowest BCUT2D eigenvalue weighted by Gasteiger charge is -2.30. The lowest BCUT2D eigenvalue weighted by atomic mass is 9.83. The van der Waals surface area contributed by atoms with E-state index < -0.39 is 0 Å². The summed E-state index contributed by atoms with van der Waals surface area (Å²) in [7, 11) is 3.37. The fourth-order valence-corrected chi connectivity index (χ4v) is 2.50. The molecule has 0 bridgehead atoms. The van der Waals surface area contributed by atoms with Crippen LogP contribution in [0.1, 0.15) is 30.9 Å². The second-order valence-electron chi connectivity index (χ2n) is 4.89. The topological polar surface area (TPSA) is 30.5 Å². The molecule has 0 saturated heterocycles. The number of hydrogen-bond acceptors (Lipinski definition) is 3. The Hall–Kier alpha value is -1.22. The zero-order valence-electron chi connectivity index (χ0n) is 11.0. The van der Waals surface area contributed by atoms with E-state index in [-0.39, 0.29) is 0 Å². The summed E-state index contributed by atoms with van der Waals surface area (Å²) in [5.41, 5.74) is 2.73. The van der Waals surface area contributed by atoms with Gasteiger partial charge in [0, 0.05) is 13.1 Å². The van der Waals surface area contributed by atoms with Crippen molar-refractivity contribution in [2.75, 3.05) is 20.8 Å². The Bertz CT molecular complexity index is 401. The summed E-state index contributed by atoms with van der Waals surface area (Å²) < 4.78 is 10.7. The molecule has 0 fully saturated rings. The third-order valence-electron chi connectivity index (χ3n) is 3.53. The molecule has 0 spiro atoms. The lowest BCUT2D eigenvalue weighted by Crippen LogP contribution is -2.30. The predicted molar refractivity (Wildman–Crippen MR) is 68.8 cm³/mol. The maximum atomic E-state index is 5.38. The molecule has 1 N–H and O–H groups in total. The van der Waals surface area contributed by atoms with Crippen LogP contribution in [0.25, 0.3) is 0 Å². The standard InChI is InChI=1S/C14H21NO2/c1-9(2)12-8-15-7-10-5-13(16-3)14(17-4)6-11(10)12/h5-6,9,12,15H,7-8H2,1-4H3. The molecule has 0 amide bonds. The zero-order valence-corrected chi connectivity index (χ0v) is 11.0. The zero-order chi connectivity index (χ0) is 12.4. The number of nitrogens with one attached hydrogen (secondary N) is 1. The largest absolute Gasteiger partial charge is 0.493 e. The summed E-state index contributed by atoms with van der Waals surface area (Å²) in [4.78, 5) is 0. The van der Waals surface area contributed by atoms with Crippen LogP contribution in [0, 0.1) is 5.92 Å². The average Bonchev–Trinajstić information content (AvgIpc) is 2.35. The molecule has 0 saturated carbocycles. The summed E-state index contributed by atoms with van der Waals surface area (Å²) in [6.07, 6.45) is 0. The van der Waals surface area contributed by atoms with Gasteiger partial charge in [-0.3, -0.25) is 0 Å². The van der Waals surface area contributed by atoms with Gasteiger partial charge >= 0.3 is 0 Å². The van der Waals surface area contributed by atoms with Crippen molar-refractivity contribution >= 4 is 0 Å². The van der Waals surface area contributed by atoms with E-state index in [0.29, 0.717) is 11.8 Å². The van der Waals surface area contributed by atoms with Crippen LogP contribution in [0.15, 0.2) is 12.1 Å². The van der Waals surface area contributed by atoms with Crippen molar-refractivity contribution < 1.29 is 9.47 Å². The van der Waals surface area contributed by atoms with E-state index in [1.165, 1.54) is 11.1 Å². The van der Waals surface area contributed by atoms with Crippen molar-refractivity contribution in [2.45, 2.75) is 26.3 Å². The molecule has 1 heterocycles. The molecule has 0 radical (unpaired) electrons. The smallest absolute Gasteiger partial charge is 0.161 e. The van der Waals surface area contributed by atoms with Crippen LogP contribution >= 0.6 is 0 Å². The van der Waals surface area contributed by atoms with Crippen LogP contribution < -0.4 is 14.8 Å². The van der Waals surface area contributed by atoms with E-state index in [9.17, 15) is 0 Å². The monoisotopic (exact) mass is 235 g/mol. The van der Waals surface area contributed by atoms with Gasteiger partial charge in [-0.25, -0.2) is 0 Å². The highest BCUT2D eigenvalue weighted by atomic mass is 16.5. The number of rotatable bonds is 3.